The minimum Gasteiger partial charge on any atom is -0.334 e. The fraction of sp³-hybridized carbons (Fsp3) is 0.308. The molecule has 4 aliphatic rings. The van der Waals surface area contributed by atoms with Gasteiger partial charge >= 0.3 is 0 Å². The molecule has 2 aliphatic carbocycles. The quantitative estimate of drug-likeness (QED) is 0.169. The smallest absolute Gasteiger partial charge is 0.0517 e. The molecule has 0 saturated heterocycles. The molecule has 4 nitrogen and oxygen atoms in total. The average molecular weight is 731 g/mol. The molecule has 0 N–H and O–H groups in total. The van der Waals surface area contributed by atoms with Crippen LogP contribution < -0.4 is 9.80 Å². The molecule has 278 valence electrons. The molecule has 4 heterocycles. The van der Waals surface area contributed by atoms with Gasteiger partial charge in [-0.3, -0.25) is 9.97 Å². The summed E-state index contributed by atoms with van der Waals surface area (Å²) in [5.74, 6) is 0. The van der Waals surface area contributed by atoms with Gasteiger partial charge in [-0.05, 0) is 143 Å². The zero-order valence-corrected chi connectivity index (χ0v) is 33.1. The summed E-state index contributed by atoms with van der Waals surface area (Å²) < 4.78 is 0. The van der Waals surface area contributed by atoms with Crippen molar-refractivity contribution in [3.63, 3.8) is 0 Å². The lowest BCUT2D eigenvalue weighted by Gasteiger charge is -2.50. The standard InChI is InChI=1S/C52H50N4/c1-49-25-9-11-27-51(49,3)55(37-21-29-53-30-22-37)45-19-17-35(33-43(45)49)47-39-13-5-7-15-41(39)48(42-16-8-6-14-40(42)47)36-18-20-46-44(34-36)50(2)26-10-12-28-52(50,4)56(46)38-23-31-54-32-24-38/h5-8,13-24,29-34H,9-12,25-28H2,1-4H3. The number of nitrogens with zero attached hydrogens (tertiary/aromatic N) is 4. The molecular formula is C52H50N4. The number of pyridine rings is 2. The number of benzene rings is 5. The Labute approximate surface area is 331 Å². The topological polar surface area (TPSA) is 32.3 Å². The van der Waals surface area contributed by atoms with E-state index in [1.807, 2.05) is 24.8 Å². The summed E-state index contributed by atoms with van der Waals surface area (Å²) in [4.78, 5) is 14.1. The average Bonchev–Trinajstić information content (AvgIpc) is 3.57. The molecule has 56 heavy (non-hydrogen) atoms. The fourth-order valence-corrected chi connectivity index (χ4v) is 12.3. The van der Waals surface area contributed by atoms with Gasteiger partial charge in [0.2, 0.25) is 0 Å². The second-order valence-corrected chi connectivity index (χ2v) is 18.0. The van der Waals surface area contributed by atoms with Crippen LogP contribution in [0.2, 0.25) is 0 Å². The highest BCUT2D eigenvalue weighted by molar-refractivity contribution is 6.21. The van der Waals surface area contributed by atoms with E-state index in [1.165, 1.54) is 129 Å². The van der Waals surface area contributed by atoms with E-state index in [0.717, 1.165) is 0 Å². The lowest BCUT2D eigenvalue weighted by atomic mass is 9.61. The van der Waals surface area contributed by atoms with E-state index >= 15 is 0 Å². The van der Waals surface area contributed by atoms with Crippen LogP contribution in [0.5, 0.6) is 0 Å². The molecule has 0 bridgehead atoms. The van der Waals surface area contributed by atoms with Crippen molar-refractivity contribution in [2.45, 2.75) is 101 Å². The first kappa shape index (κ1) is 33.8. The van der Waals surface area contributed by atoms with Gasteiger partial charge in [-0.1, -0.05) is 100 Å². The summed E-state index contributed by atoms with van der Waals surface area (Å²) in [5.41, 5.74) is 13.5. The lowest BCUT2D eigenvalue weighted by Crippen LogP contribution is -2.54. The minimum atomic E-state index is -0.00679. The third kappa shape index (κ3) is 4.36. The molecule has 0 radical (unpaired) electrons. The van der Waals surface area contributed by atoms with Crippen molar-refractivity contribution in [1.29, 1.82) is 0 Å². The van der Waals surface area contributed by atoms with Crippen LogP contribution in [-0.2, 0) is 10.8 Å². The van der Waals surface area contributed by atoms with E-state index in [2.05, 4.69) is 157 Å². The monoisotopic (exact) mass is 730 g/mol. The largest absolute Gasteiger partial charge is 0.334 e. The van der Waals surface area contributed by atoms with Crippen molar-refractivity contribution in [1.82, 2.24) is 9.97 Å². The Morgan fingerprint density at radius 3 is 1.16 bits per heavy atom. The molecule has 0 spiro atoms. The van der Waals surface area contributed by atoms with Crippen LogP contribution in [0.15, 0.2) is 134 Å². The molecule has 11 rings (SSSR count). The van der Waals surface area contributed by atoms with Crippen LogP contribution >= 0.6 is 0 Å². The molecule has 2 aliphatic heterocycles. The van der Waals surface area contributed by atoms with E-state index in [9.17, 15) is 0 Å². The highest BCUT2D eigenvalue weighted by Gasteiger charge is 2.59. The first-order valence-corrected chi connectivity index (χ1v) is 20.9. The van der Waals surface area contributed by atoms with Gasteiger partial charge in [-0.2, -0.15) is 0 Å². The zero-order chi connectivity index (χ0) is 37.9. The van der Waals surface area contributed by atoms with Gasteiger partial charge in [0.05, 0.1) is 11.1 Å². The second-order valence-electron chi connectivity index (χ2n) is 18.0. The number of aromatic nitrogens is 2. The van der Waals surface area contributed by atoms with Crippen molar-refractivity contribution >= 4 is 44.3 Å². The number of rotatable bonds is 4. The van der Waals surface area contributed by atoms with Crippen molar-refractivity contribution in [2.24, 2.45) is 0 Å². The Morgan fingerprint density at radius 1 is 0.429 bits per heavy atom. The maximum atomic E-state index is 4.38. The molecule has 2 saturated carbocycles. The summed E-state index contributed by atoms with van der Waals surface area (Å²) in [6.45, 7) is 10.1. The van der Waals surface area contributed by atoms with Crippen LogP contribution in [0.4, 0.5) is 22.7 Å². The molecule has 4 heteroatoms. The minimum absolute atomic E-state index is 0.00679. The predicted octanol–water partition coefficient (Wildman–Crippen LogP) is 13.6. The first-order chi connectivity index (χ1) is 27.3. The normalized spacial score (nSPS) is 26.6. The Kier molecular flexibility index (Phi) is 7.25. The van der Waals surface area contributed by atoms with Gasteiger partial charge in [0.15, 0.2) is 0 Å². The van der Waals surface area contributed by atoms with Gasteiger partial charge in [0.1, 0.15) is 0 Å². The Balaban J connectivity index is 1.12. The highest BCUT2D eigenvalue weighted by Crippen LogP contribution is 2.63. The third-order valence-corrected chi connectivity index (χ3v) is 15.6. The van der Waals surface area contributed by atoms with Gasteiger partial charge in [0, 0.05) is 58.4 Å². The molecule has 4 unspecified atom stereocenters. The predicted molar refractivity (Wildman–Crippen MR) is 234 cm³/mol. The van der Waals surface area contributed by atoms with Gasteiger partial charge in [0.25, 0.3) is 0 Å². The van der Waals surface area contributed by atoms with Crippen molar-refractivity contribution < 1.29 is 0 Å². The van der Waals surface area contributed by atoms with Gasteiger partial charge in [-0.15, -0.1) is 0 Å². The fourth-order valence-electron chi connectivity index (χ4n) is 12.3. The van der Waals surface area contributed by atoms with E-state index in [1.54, 1.807) is 0 Å². The maximum absolute atomic E-state index is 4.38. The van der Waals surface area contributed by atoms with Crippen molar-refractivity contribution in [3.05, 3.63) is 145 Å². The third-order valence-electron chi connectivity index (χ3n) is 15.6. The van der Waals surface area contributed by atoms with E-state index in [-0.39, 0.29) is 21.9 Å². The van der Waals surface area contributed by atoms with E-state index in [0.29, 0.717) is 0 Å². The molecule has 5 aromatic carbocycles. The molecule has 4 atom stereocenters. The van der Waals surface area contributed by atoms with Crippen LogP contribution in [0, 0.1) is 0 Å². The van der Waals surface area contributed by atoms with Gasteiger partial charge in [-0.25, -0.2) is 0 Å². The van der Waals surface area contributed by atoms with Crippen LogP contribution in [0.1, 0.15) is 90.2 Å². The number of hydrogen-bond acceptors (Lipinski definition) is 4. The highest BCUT2D eigenvalue weighted by atomic mass is 15.3. The Morgan fingerprint density at radius 2 is 0.786 bits per heavy atom. The van der Waals surface area contributed by atoms with Crippen LogP contribution in [0.25, 0.3) is 43.8 Å². The zero-order valence-electron chi connectivity index (χ0n) is 33.1. The Hall–Kier alpha value is -5.48. The summed E-state index contributed by atoms with van der Waals surface area (Å²) in [5, 5.41) is 5.26. The summed E-state index contributed by atoms with van der Waals surface area (Å²) in [6, 6.07) is 41.9. The first-order valence-electron chi connectivity index (χ1n) is 20.9. The molecule has 7 aromatic rings. The number of anilines is 4. The molecular weight excluding hydrogens is 681 g/mol. The Bertz CT molecular complexity index is 2450. The number of fused-ring (bicyclic) bond motifs is 8. The van der Waals surface area contributed by atoms with Crippen LogP contribution in [-0.4, -0.2) is 21.0 Å². The lowest BCUT2D eigenvalue weighted by molar-refractivity contribution is 0.195. The SMILES string of the molecule is CC12CCCCC1(C)N(c1ccncc1)c1ccc(-c3c4ccccc4c(-c4ccc5c(c4)C4(C)CCCCC4(C)N5c4ccncc4)c4ccccc34)cc12. The molecule has 2 fully saturated rings. The maximum Gasteiger partial charge on any atom is 0.0517 e. The summed E-state index contributed by atoms with van der Waals surface area (Å²) in [7, 11) is 0. The second kappa shape index (κ2) is 12.0. The number of hydrogen-bond donors (Lipinski definition) is 0. The van der Waals surface area contributed by atoms with Crippen molar-refractivity contribution in [3.8, 4) is 22.3 Å². The van der Waals surface area contributed by atoms with E-state index in [4.69, 9.17) is 0 Å². The molecule has 0 amide bonds. The van der Waals surface area contributed by atoms with Gasteiger partial charge < -0.3 is 9.80 Å². The summed E-state index contributed by atoms with van der Waals surface area (Å²) in [6.07, 6.45) is 17.5. The molecule has 2 aromatic heterocycles. The van der Waals surface area contributed by atoms with Crippen molar-refractivity contribution in [2.75, 3.05) is 9.80 Å². The van der Waals surface area contributed by atoms with Crippen LogP contribution in [0.3, 0.4) is 0 Å². The van der Waals surface area contributed by atoms with E-state index < -0.39 is 0 Å². The summed E-state index contributed by atoms with van der Waals surface area (Å²) >= 11 is 0.